The van der Waals surface area contributed by atoms with E-state index in [1.165, 1.54) is 12.1 Å². The first-order valence-electron chi connectivity index (χ1n) is 9.17. The number of quaternary nitrogens is 1. The van der Waals surface area contributed by atoms with Gasteiger partial charge in [0.2, 0.25) is 0 Å². The quantitative estimate of drug-likeness (QED) is 0.443. The SMILES string of the molecule is CC(=O)c1ccc(N2CC[NH+](CC(=O)Nc3ccccc3[N+](=O)[O-])CC2)cc1. The van der Waals surface area contributed by atoms with Crippen LogP contribution in [0.3, 0.4) is 0 Å². The molecule has 0 spiro atoms. The van der Waals surface area contributed by atoms with E-state index >= 15 is 0 Å². The minimum absolute atomic E-state index is 0.0467. The van der Waals surface area contributed by atoms with Crippen LogP contribution in [0, 0.1) is 10.1 Å². The Kier molecular flexibility index (Phi) is 6.00. The maximum absolute atomic E-state index is 12.3. The third-order valence-corrected chi connectivity index (χ3v) is 4.89. The van der Waals surface area contributed by atoms with E-state index in [1.54, 1.807) is 19.1 Å². The van der Waals surface area contributed by atoms with Gasteiger partial charge in [0, 0.05) is 17.3 Å². The fourth-order valence-electron chi connectivity index (χ4n) is 3.32. The van der Waals surface area contributed by atoms with Crippen LogP contribution in [-0.2, 0) is 4.79 Å². The minimum atomic E-state index is -0.501. The van der Waals surface area contributed by atoms with E-state index in [2.05, 4.69) is 10.2 Å². The van der Waals surface area contributed by atoms with Gasteiger partial charge in [-0.1, -0.05) is 12.1 Å². The molecule has 8 heteroatoms. The van der Waals surface area contributed by atoms with Gasteiger partial charge in [0.25, 0.3) is 11.6 Å². The molecule has 28 heavy (non-hydrogen) atoms. The summed E-state index contributed by atoms with van der Waals surface area (Å²) in [7, 11) is 0. The number of rotatable bonds is 6. The molecule has 3 rings (SSSR count). The molecule has 2 aromatic rings. The summed E-state index contributed by atoms with van der Waals surface area (Å²) in [4.78, 5) is 37.6. The summed E-state index contributed by atoms with van der Waals surface area (Å²) in [6, 6.07) is 13.7. The zero-order valence-corrected chi connectivity index (χ0v) is 15.7. The van der Waals surface area contributed by atoms with Crippen molar-refractivity contribution in [2.45, 2.75) is 6.92 Å². The van der Waals surface area contributed by atoms with Crippen LogP contribution < -0.4 is 15.1 Å². The van der Waals surface area contributed by atoms with Crippen molar-refractivity contribution >= 4 is 28.8 Å². The highest BCUT2D eigenvalue weighted by molar-refractivity contribution is 5.94. The maximum Gasteiger partial charge on any atom is 0.292 e. The standard InChI is InChI=1S/C20H22N4O4/c1-15(25)16-6-8-17(9-7-16)23-12-10-22(11-13-23)14-20(26)21-18-4-2-3-5-19(18)24(27)28/h2-9H,10-14H2,1H3,(H,21,26)/p+1. The van der Waals surface area contributed by atoms with Gasteiger partial charge in [-0.05, 0) is 37.3 Å². The lowest BCUT2D eigenvalue weighted by Crippen LogP contribution is -3.15. The van der Waals surface area contributed by atoms with Crippen LogP contribution in [0.4, 0.5) is 17.1 Å². The van der Waals surface area contributed by atoms with Gasteiger partial charge in [-0.15, -0.1) is 0 Å². The first-order chi connectivity index (χ1) is 13.4. The molecule has 0 radical (unpaired) electrons. The summed E-state index contributed by atoms with van der Waals surface area (Å²) in [6.07, 6.45) is 0. The Morgan fingerprint density at radius 1 is 1.11 bits per heavy atom. The number of amides is 1. The molecule has 2 aromatic carbocycles. The lowest BCUT2D eigenvalue weighted by Gasteiger charge is -2.33. The fourth-order valence-corrected chi connectivity index (χ4v) is 3.32. The van der Waals surface area contributed by atoms with E-state index in [1.807, 2.05) is 24.3 Å². The summed E-state index contributed by atoms with van der Waals surface area (Å²) in [5.41, 5.74) is 1.87. The predicted molar refractivity (Wildman–Crippen MR) is 106 cm³/mol. The first kappa shape index (κ1) is 19.5. The van der Waals surface area contributed by atoms with Gasteiger partial charge in [0.1, 0.15) is 5.69 Å². The van der Waals surface area contributed by atoms with Crippen LogP contribution >= 0.6 is 0 Å². The monoisotopic (exact) mass is 383 g/mol. The molecule has 1 heterocycles. The number of anilines is 2. The van der Waals surface area contributed by atoms with Crippen molar-refractivity contribution in [2.24, 2.45) is 0 Å². The van der Waals surface area contributed by atoms with Crippen molar-refractivity contribution in [1.29, 1.82) is 0 Å². The fraction of sp³-hybridized carbons (Fsp3) is 0.300. The molecule has 1 aliphatic heterocycles. The van der Waals surface area contributed by atoms with E-state index < -0.39 is 4.92 Å². The number of nitrogens with one attached hydrogen (secondary N) is 2. The lowest BCUT2D eigenvalue weighted by atomic mass is 10.1. The molecular weight excluding hydrogens is 360 g/mol. The van der Waals surface area contributed by atoms with Gasteiger partial charge in [-0.25, -0.2) is 0 Å². The third-order valence-electron chi connectivity index (χ3n) is 4.89. The maximum atomic E-state index is 12.3. The molecule has 1 fully saturated rings. The van der Waals surface area contributed by atoms with Crippen molar-refractivity contribution < 1.29 is 19.4 Å². The summed E-state index contributed by atoms with van der Waals surface area (Å²) >= 11 is 0. The van der Waals surface area contributed by atoms with Crippen LogP contribution in [0.1, 0.15) is 17.3 Å². The molecule has 0 unspecified atom stereocenters. The Hall–Kier alpha value is -3.26. The molecule has 0 aromatic heterocycles. The summed E-state index contributed by atoms with van der Waals surface area (Å²) in [5.74, 6) is -0.186. The van der Waals surface area contributed by atoms with E-state index in [-0.39, 0.29) is 29.6 Å². The molecule has 0 aliphatic carbocycles. The Morgan fingerprint density at radius 3 is 2.36 bits per heavy atom. The highest BCUT2D eigenvalue weighted by Gasteiger charge is 2.23. The van der Waals surface area contributed by atoms with E-state index in [4.69, 9.17) is 0 Å². The molecule has 1 saturated heterocycles. The average Bonchev–Trinajstić information content (AvgIpc) is 2.69. The zero-order chi connectivity index (χ0) is 20.1. The summed E-state index contributed by atoms with van der Waals surface area (Å²) < 4.78 is 0. The van der Waals surface area contributed by atoms with Gasteiger partial charge in [-0.2, -0.15) is 0 Å². The molecule has 0 saturated carbocycles. The lowest BCUT2D eigenvalue weighted by molar-refractivity contribution is -0.892. The zero-order valence-electron chi connectivity index (χ0n) is 15.7. The summed E-state index contributed by atoms with van der Waals surface area (Å²) in [5, 5.41) is 13.7. The number of carbonyl (C=O) groups is 2. The Morgan fingerprint density at radius 2 is 1.75 bits per heavy atom. The highest BCUT2D eigenvalue weighted by Crippen LogP contribution is 2.22. The van der Waals surface area contributed by atoms with Crippen molar-refractivity contribution in [1.82, 2.24) is 0 Å². The van der Waals surface area contributed by atoms with Crippen LogP contribution in [0.2, 0.25) is 0 Å². The molecule has 2 N–H and O–H groups in total. The van der Waals surface area contributed by atoms with E-state index in [0.29, 0.717) is 5.56 Å². The largest absolute Gasteiger partial charge is 0.360 e. The third kappa shape index (κ3) is 4.72. The van der Waals surface area contributed by atoms with Crippen LogP contribution in [-0.4, -0.2) is 49.3 Å². The van der Waals surface area contributed by atoms with Crippen LogP contribution in [0.25, 0.3) is 0 Å². The van der Waals surface area contributed by atoms with Crippen molar-refractivity contribution in [3.63, 3.8) is 0 Å². The number of carbonyl (C=O) groups excluding carboxylic acids is 2. The number of piperazine rings is 1. The number of hydrogen-bond donors (Lipinski definition) is 2. The van der Waals surface area contributed by atoms with Gasteiger partial charge >= 0.3 is 0 Å². The van der Waals surface area contributed by atoms with E-state index in [9.17, 15) is 19.7 Å². The molecule has 0 atom stereocenters. The Bertz CT molecular complexity index is 874. The first-order valence-corrected chi connectivity index (χ1v) is 9.17. The summed E-state index contributed by atoms with van der Waals surface area (Å²) in [6.45, 7) is 4.99. The van der Waals surface area contributed by atoms with Crippen molar-refractivity contribution in [3.8, 4) is 0 Å². The van der Waals surface area contributed by atoms with Gasteiger partial charge in [0.15, 0.2) is 12.3 Å². The number of Topliss-reactive ketones (excluding diaryl/α,β-unsaturated/α-hetero) is 1. The number of nitro groups is 1. The van der Waals surface area contributed by atoms with Gasteiger partial charge in [-0.3, -0.25) is 19.7 Å². The Labute approximate surface area is 162 Å². The minimum Gasteiger partial charge on any atom is -0.360 e. The van der Waals surface area contributed by atoms with E-state index in [0.717, 1.165) is 36.8 Å². The number of benzene rings is 2. The molecule has 146 valence electrons. The van der Waals surface area contributed by atoms with Crippen molar-refractivity contribution in [2.75, 3.05) is 42.9 Å². The molecule has 1 aliphatic rings. The van der Waals surface area contributed by atoms with Gasteiger partial charge in [0.05, 0.1) is 31.1 Å². The molecular formula is C20H23N4O4+. The second-order valence-electron chi connectivity index (χ2n) is 6.84. The number of nitro benzene ring substituents is 1. The average molecular weight is 383 g/mol. The van der Waals surface area contributed by atoms with Crippen LogP contribution in [0.5, 0.6) is 0 Å². The number of ketones is 1. The molecule has 8 nitrogen and oxygen atoms in total. The Balaban J connectivity index is 1.52. The number of nitrogens with zero attached hydrogens (tertiary/aromatic N) is 2. The van der Waals surface area contributed by atoms with Crippen LogP contribution in [0.15, 0.2) is 48.5 Å². The van der Waals surface area contributed by atoms with Crippen molar-refractivity contribution in [3.05, 3.63) is 64.2 Å². The second-order valence-corrected chi connectivity index (χ2v) is 6.84. The normalized spacial score (nSPS) is 14.5. The number of hydrogen-bond acceptors (Lipinski definition) is 5. The molecule has 1 amide bonds. The van der Waals surface area contributed by atoms with Gasteiger partial charge < -0.3 is 15.1 Å². The topological polar surface area (TPSA) is 97.0 Å². The number of para-hydroxylation sites is 2. The smallest absolute Gasteiger partial charge is 0.292 e. The molecule has 0 bridgehead atoms. The highest BCUT2D eigenvalue weighted by atomic mass is 16.6. The predicted octanol–water partition coefficient (Wildman–Crippen LogP) is 1.14. The second kappa shape index (κ2) is 8.62.